The van der Waals surface area contributed by atoms with Crippen LogP contribution in [0.5, 0.6) is 17.2 Å². The topological polar surface area (TPSA) is 77.5 Å². The highest BCUT2D eigenvalue weighted by molar-refractivity contribution is 5.67. The second kappa shape index (κ2) is 8.68. The summed E-state index contributed by atoms with van der Waals surface area (Å²) in [6.07, 6.45) is 0. The smallest absolute Gasteiger partial charge is 0.229 e. The van der Waals surface area contributed by atoms with Crippen molar-refractivity contribution in [1.29, 1.82) is 0 Å². The Hall–Kier alpha value is -3.48. The Bertz CT molecular complexity index is 996. The molecule has 0 saturated carbocycles. The van der Waals surface area contributed by atoms with E-state index in [1.54, 1.807) is 21.3 Å². The molecule has 0 saturated heterocycles. The van der Waals surface area contributed by atoms with Crippen LogP contribution in [0.1, 0.15) is 16.8 Å². The van der Waals surface area contributed by atoms with Gasteiger partial charge in [0.25, 0.3) is 0 Å². The van der Waals surface area contributed by atoms with Crippen molar-refractivity contribution in [2.24, 2.45) is 0 Å². The molecule has 152 valence electrons. The Kier molecular flexibility index (Phi) is 6.07. The van der Waals surface area contributed by atoms with E-state index in [9.17, 15) is 0 Å². The van der Waals surface area contributed by atoms with Gasteiger partial charge in [0.2, 0.25) is 11.7 Å². The zero-order chi connectivity index (χ0) is 21.0. The van der Waals surface area contributed by atoms with Gasteiger partial charge < -0.3 is 24.8 Å². The lowest BCUT2D eigenvalue weighted by Crippen LogP contribution is -2.03. The summed E-state index contributed by atoms with van der Waals surface area (Å²) in [4.78, 5) is 9.07. The van der Waals surface area contributed by atoms with E-state index in [2.05, 4.69) is 46.6 Å². The summed E-state index contributed by atoms with van der Waals surface area (Å²) in [7, 11) is 4.75. The molecule has 0 unspecified atom stereocenters. The van der Waals surface area contributed by atoms with Crippen molar-refractivity contribution in [3.8, 4) is 17.2 Å². The van der Waals surface area contributed by atoms with Gasteiger partial charge in [0, 0.05) is 35.3 Å². The van der Waals surface area contributed by atoms with Crippen LogP contribution in [0.2, 0.25) is 0 Å². The highest BCUT2D eigenvalue weighted by atomic mass is 16.5. The molecule has 3 rings (SSSR count). The summed E-state index contributed by atoms with van der Waals surface area (Å²) in [6, 6.07) is 11.7. The van der Waals surface area contributed by atoms with Gasteiger partial charge in [-0.05, 0) is 44.0 Å². The molecule has 0 aliphatic carbocycles. The molecular formula is C22H26N4O3. The van der Waals surface area contributed by atoms with E-state index < -0.39 is 0 Å². The van der Waals surface area contributed by atoms with Crippen LogP contribution < -0.4 is 24.8 Å². The summed E-state index contributed by atoms with van der Waals surface area (Å²) >= 11 is 0. The summed E-state index contributed by atoms with van der Waals surface area (Å²) in [5, 5.41) is 6.56. The van der Waals surface area contributed by atoms with Crippen molar-refractivity contribution in [3.05, 3.63) is 53.2 Å². The van der Waals surface area contributed by atoms with Gasteiger partial charge in [-0.25, -0.2) is 4.98 Å². The molecule has 0 amide bonds. The molecule has 0 aliphatic rings. The molecular weight excluding hydrogens is 368 g/mol. The first-order valence-corrected chi connectivity index (χ1v) is 9.20. The summed E-state index contributed by atoms with van der Waals surface area (Å²) in [5.74, 6) is 2.83. The predicted molar refractivity (Wildman–Crippen MR) is 115 cm³/mol. The number of ether oxygens (including phenoxy) is 3. The van der Waals surface area contributed by atoms with Crippen molar-refractivity contribution >= 4 is 23.1 Å². The minimum absolute atomic E-state index is 0.517. The number of aromatic nitrogens is 2. The van der Waals surface area contributed by atoms with E-state index in [1.165, 1.54) is 11.1 Å². The largest absolute Gasteiger partial charge is 0.493 e. The Morgan fingerprint density at radius 1 is 0.690 bits per heavy atom. The van der Waals surface area contributed by atoms with Gasteiger partial charge >= 0.3 is 0 Å². The van der Waals surface area contributed by atoms with Crippen LogP contribution in [0.4, 0.5) is 23.1 Å². The Labute approximate surface area is 171 Å². The first-order chi connectivity index (χ1) is 13.9. The van der Waals surface area contributed by atoms with Gasteiger partial charge in [-0.3, -0.25) is 0 Å². The summed E-state index contributed by atoms with van der Waals surface area (Å²) < 4.78 is 16.2. The Morgan fingerprint density at radius 3 is 1.97 bits per heavy atom. The van der Waals surface area contributed by atoms with Gasteiger partial charge in [0.15, 0.2) is 11.5 Å². The van der Waals surface area contributed by atoms with Crippen molar-refractivity contribution in [1.82, 2.24) is 9.97 Å². The fourth-order valence-corrected chi connectivity index (χ4v) is 2.94. The third-order valence-electron chi connectivity index (χ3n) is 4.55. The molecule has 0 fully saturated rings. The second-order valence-corrected chi connectivity index (χ2v) is 6.68. The van der Waals surface area contributed by atoms with Crippen molar-refractivity contribution in [2.45, 2.75) is 20.8 Å². The zero-order valence-corrected chi connectivity index (χ0v) is 17.6. The minimum Gasteiger partial charge on any atom is -0.493 e. The molecule has 1 aromatic heterocycles. The van der Waals surface area contributed by atoms with Crippen LogP contribution in [0, 0.1) is 20.8 Å². The first kappa shape index (κ1) is 20.3. The molecule has 2 N–H and O–H groups in total. The number of nitrogens with one attached hydrogen (secondary N) is 2. The number of hydrogen-bond donors (Lipinski definition) is 2. The van der Waals surface area contributed by atoms with E-state index in [4.69, 9.17) is 14.2 Å². The standard InChI is InChI=1S/C22H26N4O3/c1-13-7-8-16(9-14(13)2)25-22-23-15(3)10-20(26-22)24-17-11-18(27-4)21(29-6)19(12-17)28-5/h7-12H,1-6H3,(H2,23,24,25,26). The molecule has 2 aromatic carbocycles. The molecule has 29 heavy (non-hydrogen) atoms. The Morgan fingerprint density at radius 2 is 1.38 bits per heavy atom. The van der Waals surface area contributed by atoms with Crippen molar-refractivity contribution in [2.75, 3.05) is 32.0 Å². The molecule has 0 atom stereocenters. The normalized spacial score (nSPS) is 10.4. The van der Waals surface area contributed by atoms with Gasteiger partial charge in [-0.2, -0.15) is 4.98 Å². The van der Waals surface area contributed by atoms with Gasteiger partial charge in [0.1, 0.15) is 5.82 Å². The van der Waals surface area contributed by atoms with Gasteiger partial charge in [-0.15, -0.1) is 0 Å². The van der Waals surface area contributed by atoms with E-state index in [0.29, 0.717) is 29.0 Å². The SMILES string of the molecule is COc1cc(Nc2cc(C)nc(Nc3ccc(C)c(C)c3)n2)cc(OC)c1OC. The summed E-state index contributed by atoms with van der Waals surface area (Å²) in [6.45, 7) is 6.09. The molecule has 7 heteroatoms. The monoisotopic (exact) mass is 394 g/mol. The summed E-state index contributed by atoms with van der Waals surface area (Å²) in [5.41, 5.74) is 4.98. The maximum Gasteiger partial charge on any atom is 0.229 e. The second-order valence-electron chi connectivity index (χ2n) is 6.68. The molecule has 0 bridgehead atoms. The minimum atomic E-state index is 0.517. The maximum absolute atomic E-state index is 5.41. The van der Waals surface area contributed by atoms with E-state index in [1.807, 2.05) is 31.2 Å². The van der Waals surface area contributed by atoms with Gasteiger partial charge in [0.05, 0.1) is 21.3 Å². The number of anilines is 4. The zero-order valence-electron chi connectivity index (χ0n) is 17.6. The maximum atomic E-state index is 5.41. The number of aryl methyl sites for hydroxylation is 3. The number of rotatable bonds is 7. The van der Waals surface area contributed by atoms with Crippen molar-refractivity contribution < 1.29 is 14.2 Å². The third-order valence-corrected chi connectivity index (χ3v) is 4.55. The molecule has 0 spiro atoms. The van der Waals surface area contributed by atoms with E-state index in [0.717, 1.165) is 17.1 Å². The molecule has 3 aromatic rings. The average molecular weight is 394 g/mol. The first-order valence-electron chi connectivity index (χ1n) is 9.20. The number of nitrogens with zero attached hydrogens (tertiary/aromatic N) is 2. The van der Waals surface area contributed by atoms with E-state index >= 15 is 0 Å². The van der Waals surface area contributed by atoms with Crippen LogP contribution in [-0.4, -0.2) is 31.3 Å². The average Bonchev–Trinajstić information content (AvgIpc) is 2.69. The van der Waals surface area contributed by atoms with Crippen LogP contribution in [0.3, 0.4) is 0 Å². The number of benzene rings is 2. The Balaban J connectivity index is 1.89. The lowest BCUT2D eigenvalue weighted by atomic mass is 10.1. The highest BCUT2D eigenvalue weighted by Gasteiger charge is 2.14. The number of hydrogen-bond acceptors (Lipinski definition) is 7. The molecule has 0 radical (unpaired) electrons. The molecule has 1 heterocycles. The van der Waals surface area contributed by atoms with Crippen LogP contribution >= 0.6 is 0 Å². The number of methoxy groups -OCH3 is 3. The predicted octanol–water partition coefficient (Wildman–Crippen LogP) is 4.91. The fourth-order valence-electron chi connectivity index (χ4n) is 2.94. The van der Waals surface area contributed by atoms with Crippen LogP contribution in [0.25, 0.3) is 0 Å². The van der Waals surface area contributed by atoms with Crippen LogP contribution in [-0.2, 0) is 0 Å². The molecule has 0 aliphatic heterocycles. The van der Waals surface area contributed by atoms with Gasteiger partial charge in [-0.1, -0.05) is 6.07 Å². The quantitative estimate of drug-likeness (QED) is 0.589. The lowest BCUT2D eigenvalue weighted by molar-refractivity contribution is 0.324. The van der Waals surface area contributed by atoms with E-state index in [-0.39, 0.29) is 0 Å². The lowest BCUT2D eigenvalue weighted by Gasteiger charge is -2.15. The van der Waals surface area contributed by atoms with Crippen LogP contribution in [0.15, 0.2) is 36.4 Å². The molecule has 7 nitrogen and oxygen atoms in total. The van der Waals surface area contributed by atoms with Crippen molar-refractivity contribution in [3.63, 3.8) is 0 Å². The highest BCUT2D eigenvalue weighted by Crippen LogP contribution is 2.40. The third kappa shape index (κ3) is 4.68. The fraction of sp³-hybridized carbons (Fsp3) is 0.273.